The van der Waals surface area contributed by atoms with Crippen LogP contribution in [0, 0.1) is 0 Å². The normalized spacial score (nSPS) is 15.2. The summed E-state index contributed by atoms with van der Waals surface area (Å²) in [4.78, 5) is 0.317. The Morgan fingerprint density at radius 2 is 1.95 bits per heavy atom. The fraction of sp³-hybridized carbons (Fsp3) is 0.571. The summed E-state index contributed by atoms with van der Waals surface area (Å²) in [5.41, 5.74) is 0.667. The fourth-order valence-corrected chi connectivity index (χ4v) is 3.24. The van der Waals surface area contributed by atoms with Gasteiger partial charge in [-0.3, -0.25) is 0 Å². The van der Waals surface area contributed by atoms with Gasteiger partial charge in [-0.05, 0) is 37.9 Å². The van der Waals surface area contributed by atoms with Crippen molar-refractivity contribution in [3.63, 3.8) is 0 Å². The van der Waals surface area contributed by atoms with Crippen molar-refractivity contribution in [3.05, 3.63) is 24.3 Å². The quantitative estimate of drug-likeness (QED) is 0.605. The molecule has 1 saturated carbocycles. The molecule has 0 aromatic heterocycles. The molecule has 6 heteroatoms. The number of rotatable bonds is 9. The Bertz CT molecular complexity index is 527. The molecule has 3 N–H and O–H groups in total. The average Bonchev–Trinajstić information content (AvgIpc) is 3.23. The molecule has 1 aromatic carbocycles. The smallest absolute Gasteiger partial charge is 0.242 e. The molecule has 0 radical (unpaired) electrons. The highest BCUT2D eigenvalue weighted by Gasteiger charge is 2.19. The van der Waals surface area contributed by atoms with Crippen LogP contribution in [-0.4, -0.2) is 34.1 Å². The third kappa shape index (κ3) is 4.47. The van der Waals surface area contributed by atoms with Crippen LogP contribution in [0.1, 0.15) is 26.2 Å². The Kier molecular flexibility index (Phi) is 5.39. The lowest BCUT2D eigenvalue weighted by atomic mass is 10.3. The van der Waals surface area contributed by atoms with Crippen LogP contribution in [0.3, 0.4) is 0 Å². The van der Waals surface area contributed by atoms with Crippen LogP contribution in [0.4, 0.5) is 5.69 Å². The van der Waals surface area contributed by atoms with E-state index in [-0.39, 0.29) is 0 Å². The maximum absolute atomic E-state index is 12.1. The zero-order chi connectivity index (χ0) is 14.4. The first-order valence-electron chi connectivity index (χ1n) is 7.19. The van der Waals surface area contributed by atoms with Gasteiger partial charge in [0.2, 0.25) is 10.0 Å². The zero-order valence-electron chi connectivity index (χ0n) is 11.9. The van der Waals surface area contributed by atoms with Crippen LogP contribution in [0.25, 0.3) is 0 Å². The van der Waals surface area contributed by atoms with Crippen molar-refractivity contribution in [2.75, 3.05) is 25.0 Å². The molecular formula is C14H23N3O2S. The molecule has 2 rings (SSSR count). The highest BCUT2D eigenvalue weighted by atomic mass is 32.2. The second-order valence-electron chi connectivity index (χ2n) is 5.01. The van der Waals surface area contributed by atoms with Gasteiger partial charge in [-0.2, -0.15) is 0 Å². The molecule has 0 saturated heterocycles. The molecule has 0 atom stereocenters. The largest absolute Gasteiger partial charge is 0.384 e. The van der Waals surface area contributed by atoms with E-state index in [4.69, 9.17) is 0 Å². The van der Waals surface area contributed by atoms with Gasteiger partial charge in [0, 0.05) is 19.1 Å². The summed E-state index contributed by atoms with van der Waals surface area (Å²) < 4.78 is 26.7. The van der Waals surface area contributed by atoms with E-state index in [0.29, 0.717) is 17.1 Å². The molecule has 0 heterocycles. The minimum Gasteiger partial charge on any atom is -0.384 e. The Morgan fingerprint density at radius 3 is 2.65 bits per heavy atom. The molecule has 0 aliphatic heterocycles. The van der Waals surface area contributed by atoms with Gasteiger partial charge in [-0.1, -0.05) is 19.1 Å². The highest BCUT2D eigenvalue weighted by Crippen LogP contribution is 2.20. The Balaban J connectivity index is 1.89. The lowest BCUT2D eigenvalue weighted by Crippen LogP contribution is -2.24. The molecule has 1 aliphatic rings. The van der Waals surface area contributed by atoms with Crippen LogP contribution in [-0.2, 0) is 10.0 Å². The highest BCUT2D eigenvalue weighted by molar-refractivity contribution is 7.89. The van der Waals surface area contributed by atoms with Crippen molar-refractivity contribution in [2.24, 2.45) is 0 Å². The molecule has 1 fully saturated rings. The monoisotopic (exact) mass is 297 g/mol. The maximum atomic E-state index is 12.1. The van der Waals surface area contributed by atoms with Crippen LogP contribution < -0.4 is 15.4 Å². The molecule has 20 heavy (non-hydrogen) atoms. The van der Waals surface area contributed by atoms with E-state index in [0.717, 1.165) is 25.6 Å². The summed E-state index contributed by atoms with van der Waals surface area (Å²) in [5, 5.41) is 6.65. The lowest BCUT2D eigenvalue weighted by molar-refractivity contribution is 0.584. The van der Waals surface area contributed by atoms with E-state index in [1.54, 1.807) is 25.1 Å². The van der Waals surface area contributed by atoms with Crippen LogP contribution in [0.2, 0.25) is 0 Å². The number of para-hydroxylation sites is 1. The van der Waals surface area contributed by atoms with E-state index < -0.39 is 10.0 Å². The standard InChI is InChI=1S/C14H23N3O2S/c1-2-17-20(18,19)14-7-4-3-6-13(14)16-11-5-10-15-12-8-9-12/h3-4,6-7,12,15-17H,2,5,8-11H2,1H3. The van der Waals surface area contributed by atoms with Gasteiger partial charge in [0.1, 0.15) is 4.90 Å². The van der Waals surface area contributed by atoms with E-state index in [1.165, 1.54) is 12.8 Å². The van der Waals surface area contributed by atoms with Crippen LogP contribution in [0.15, 0.2) is 29.2 Å². The summed E-state index contributed by atoms with van der Waals surface area (Å²) in [6, 6.07) is 7.73. The number of sulfonamides is 1. The first-order valence-corrected chi connectivity index (χ1v) is 8.68. The van der Waals surface area contributed by atoms with Gasteiger partial charge in [0.15, 0.2) is 0 Å². The number of benzene rings is 1. The van der Waals surface area contributed by atoms with Crippen molar-refractivity contribution in [1.82, 2.24) is 10.0 Å². The Morgan fingerprint density at radius 1 is 1.20 bits per heavy atom. The number of anilines is 1. The van der Waals surface area contributed by atoms with Gasteiger partial charge in [0.05, 0.1) is 5.69 Å². The number of hydrogen-bond acceptors (Lipinski definition) is 4. The molecule has 0 spiro atoms. The Hall–Kier alpha value is -1.11. The first kappa shape index (κ1) is 15.3. The summed E-state index contributed by atoms with van der Waals surface area (Å²) >= 11 is 0. The van der Waals surface area contributed by atoms with Crippen LogP contribution in [0.5, 0.6) is 0 Å². The third-order valence-electron chi connectivity index (χ3n) is 3.19. The molecular weight excluding hydrogens is 274 g/mol. The summed E-state index contributed by atoms with van der Waals surface area (Å²) in [6.45, 7) is 3.90. The van der Waals surface area contributed by atoms with E-state index in [1.807, 2.05) is 6.07 Å². The second-order valence-corrected chi connectivity index (χ2v) is 6.74. The third-order valence-corrected chi connectivity index (χ3v) is 4.79. The Labute approximate surface area is 121 Å². The summed E-state index contributed by atoms with van der Waals surface area (Å²) in [5.74, 6) is 0. The predicted molar refractivity (Wildman–Crippen MR) is 81.4 cm³/mol. The average molecular weight is 297 g/mol. The molecule has 0 unspecified atom stereocenters. The SMILES string of the molecule is CCNS(=O)(=O)c1ccccc1NCCCNC1CC1. The minimum atomic E-state index is -3.42. The maximum Gasteiger partial charge on any atom is 0.242 e. The zero-order valence-corrected chi connectivity index (χ0v) is 12.7. The van der Waals surface area contributed by atoms with Gasteiger partial charge in [-0.25, -0.2) is 13.1 Å². The second kappa shape index (κ2) is 7.06. The van der Waals surface area contributed by atoms with E-state index in [9.17, 15) is 8.42 Å². The first-order chi connectivity index (χ1) is 9.63. The summed E-state index contributed by atoms with van der Waals surface area (Å²) in [6.07, 6.45) is 3.56. The van der Waals surface area contributed by atoms with E-state index in [2.05, 4.69) is 15.4 Å². The topological polar surface area (TPSA) is 70.2 Å². The fourth-order valence-electron chi connectivity index (χ4n) is 2.02. The van der Waals surface area contributed by atoms with Gasteiger partial charge in [0.25, 0.3) is 0 Å². The van der Waals surface area contributed by atoms with Gasteiger partial charge in [-0.15, -0.1) is 0 Å². The van der Waals surface area contributed by atoms with Gasteiger partial charge >= 0.3 is 0 Å². The molecule has 1 aromatic rings. The molecule has 0 bridgehead atoms. The minimum absolute atomic E-state index is 0.317. The lowest BCUT2D eigenvalue weighted by Gasteiger charge is -2.12. The predicted octanol–water partition coefficient (Wildman–Crippen LogP) is 1.54. The molecule has 1 aliphatic carbocycles. The molecule has 5 nitrogen and oxygen atoms in total. The van der Waals surface area contributed by atoms with Crippen molar-refractivity contribution in [1.29, 1.82) is 0 Å². The molecule has 112 valence electrons. The summed E-state index contributed by atoms with van der Waals surface area (Å²) in [7, 11) is -3.42. The number of nitrogens with one attached hydrogen (secondary N) is 3. The van der Waals surface area contributed by atoms with Crippen molar-refractivity contribution in [3.8, 4) is 0 Å². The van der Waals surface area contributed by atoms with Crippen molar-refractivity contribution in [2.45, 2.75) is 37.1 Å². The van der Waals surface area contributed by atoms with Crippen LogP contribution >= 0.6 is 0 Å². The van der Waals surface area contributed by atoms with Crippen molar-refractivity contribution >= 4 is 15.7 Å². The molecule has 0 amide bonds. The van der Waals surface area contributed by atoms with Crippen molar-refractivity contribution < 1.29 is 8.42 Å². The van der Waals surface area contributed by atoms with E-state index >= 15 is 0 Å². The number of hydrogen-bond donors (Lipinski definition) is 3. The van der Waals surface area contributed by atoms with Gasteiger partial charge < -0.3 is 10.6 Å².